The van der Waals surface area contributed by atoms with Crippen LogP contribution in [0, 0.1) is 17.8 Å². The van der Waals surface area contributed by atoms with Crippen LogP contribution in [0.15, 0.2) is 0 Å². The molecule has 0 spiro atoms. The Morgan fingerprint density at radius 2 is 1.92 bits per heavy atom. The number of rotatable bonds is 3. The largest absolute Gasteiger partial charge is 0.393 e. The highest BCUT2D eigenvalue weighted by Crippen LogP contribution is 2.35. The van der Waals surface area contributed by atoms with Gasteiger partial charge in [0.25, 0.3) is 0 Å². The van der Waals surface area contributed by atoms with Crippen LogP contribution < -0.4 is 0 Å². The summed E-state index contributed by atoms with van der Waals surface area (Å²) in [4.78, 5) is 0. The molecule has 0 bridgehead atoms. The summed E-state index contributed by atoms with van der Waals surface area (Å²) in [7, 11) is 0. The molecule has 0 heterocycles. The van der Waals surface area contributed by atoms with Gasteiger partial charge in [-0.15, -0.1) is 0 Å². The van der Waals surface area contributed by atoms with Crippen LogP contribution in [0.3, 0.4) is 0 Å². The first-order valence-corrected chi connectivity index (χ1v) is 5.81. The van der Waals surface area contributed by atoms with Crippen LogP contribution in [-0.2, 0) is 0 Å². The van der Waals surface area contributed by atoms with Crippen LogP contribution in [-0.4, -0.2) is 11.2 Å². The van der Waals surface area contributed by atoms with Crippen LogP contribution in [0.2, 0.25) is 0 Å². The van der Waals surface area contributed by atoms with Crippen LogP contribution in [0.4, 0.5) is 0 Å². The van der Waals surface area contributed by atoms with Crippen molar-refractivity contribution in [2.75, 3.05) is 0 Å². The first kappa shape index (κ1) is 11.0. The molecule has 4 unspecified atom stereocenters. The highest BCUT2D eigenvalue weighted by Gasteiger charge is 2.25. The molecule has 1 heteroatoms. The van der Waals surface area contributed by atoms with Gasteiger partial charge >= 0.3 is 0 Å². The van der Waals surface area contributed by atoms with Crippen molar-refractivity contribution in [3.8, 4) is 0 Å². The summed E-state index contributed by atoms with van der Waals surface area (Å²) < 4.78 is 0. The summed E-state index contributed by atoms with van der Waals surface area (Å²) in [6.07, 6.45) is 5.93. The van der Waals surface area contributed by atoms with Gasteiger partial charge in [-0.1, -0.05) is 33.6 Å². The molecule has 0 aromatic carbocycles. The fourth-order valence-electron chi connectivity index (χ4n) is 2.42. The van der Waals surface area contributed by atoms with Gasteiger partial charge in [0, 0.05) is 0 Å². The van der Waals surface area contributed by atoms with Crippen LogP contribution in [0.1, 0.15) is 52.9 Å². The molecule has 0 amide bonds. The van der Waals surface area contributed by atoms with Gasteiger partial charge in [0.15, 0.2) is 0 Å². The van der Waals surface area contributed by atoms with Gasteiger partial charge in [0.1, 0.15) is 0 Å². The molecule has 0 aromatic rings. The van der Waals surface area contributed by atoms with Gasteiger partial charge in [-0.25, -0.2) is 0 Å². The van der Waals surface area contributed by atoms with Crippen LogP contribution >= 0.6 is 0 Å². The van der Waals surface area contributed by atoms with Crippen LogP contribution in [0.25, 0.3) is 0 Å². The fourth-order valence-corrected chi connectivity index (χ4v) is 2.42. The van der Waals surface area contributed by atoms with E-state index in [0.29, 0.717) is 0 Å². The summed E-state index contributed by atoms with van der Waals surface area (Å²) in [5.41, 5.74) is 0. The summed E-state index contributed by atoms with van der Waals surface area (Å²) in [6.45, 7) is 6.78. The summed E-state index contributed by atoms with van der Waals surface area (Å²) >= 11 is 0. The molecule has 0 radical (unpaired) electrons. The van der Waals surface area contributed by atoms with E-state index in [1.807, 2.05) is 0 Å². The quantitative estimate of drug-likeness (QED) is 0.714. The molecule has 1 fully saturated rings. The first-order chi connectivity index (χ1) is 6.13. The maximum atomic E-state index is 9.56. The minimum absolute atomic E-state index is 0.0504. The molecule has 1 aliphatic rings. The Hall–Kier alpha value is -0.0400. The van der Waals surface area contributed by atoms with Crippen LogP contribution in [0.5, 0.6) is 0 Å². The maximum Gasteiger partial charge on any atom is 0.0540 e. The highest BCUT2D eigenvalue weighted by atomic mass is 16.3. The van der Waals surface area contributed by atoms with E-state index in [0.717, 1.165) is 30.6 Å². The number of aliphatic hydroxyl groups excluding tert-OH is 1. The Morgan fingerprint density at radius 1 is 1.23 bits per heavy atom. The molecular weight excluding hydrogens is 160 g/mol. The number of hydrogen-bond donors (Lipinski definition) is 1. The minimum atomic E-state index is -0.0504. The molecule has 0 aromatic heterocycles. The van der Waals surface area contributed by atoms with Gasteiger partial charge in [-0.05, 0) is 37.0 Å². The zero-order valence-corrected chi connectivity index (χ0v) is 9.29. The van der Waals surface area contributed by atoms with E-state index in [4.69, 9.17) is 0 Å². The van der Waals surface area contributed by atoms with E-state index in [1.54, 1.807) is 0 Å². The van der Waals surface area contributed by atoms with E-state index >= 15 is 0 Å². The third-order valence-electron chi connectivity index (χ3n) is 3.78. The van der Waals surface area contributed by atoms with E-state index in [1.165, 1.54) is 19.3 Å². The summed E-state index contributed by atoms with van der Waals surface area (Å²) in [5, 5.41) is 9.56. The van der Waals surface area contributed by atoms with Crippen molar-refractivity contribution in [2.45, 2.75) is 59.0 Å². The molecule has 1 nitrogen and oxygen atoms in total. The molecule has 1 rings (SSSR count). The zero-order chi connectivity index (χ0) is 9.84. The van der Waals surface area contributed by atoms with Crippen molar-refractivity contribution in [2.24, 2.45) is 17.8 Å². The Bertz CT molecular complexity index is 142. The topological polar surface area (TPSA) is 20.2 Å². The van der Waals surface area contributed by atoms with Gasteiger partial charge in [-0.2, -0.15) is 0 Å². The lowest BCUT2D eigenvalue weighted by molar-refractivity contribution is 0.105. The highest BCUT2D eigenvalue weighted by molar-refractivity contribution is 4.76. The monoisotopic (exact) mass is 184 g/mol. The van der Waals surface area contributed by atoms with Crippen molar-refractivity contribution in [1.29, 1.82) is 0 Å². The van der Waals surface area contributed by atoms with E-state index in [9.17, 15) is 5.11 Å². The Kier molecular flexibility index (Phi) is 4.24. The van der Waals surface area contributed by atoms with E-state index < -0.39 is 0 Å². The normalized spacial score (nSPS) is 37.4. The molecule has 0 aliphatic heterocycles. The van der Waals surface area contributed by atoms with Gasteiger partial charge < -0.3 is 5.11 Å². The fraction of sp³-hybridized carbons (Fsp3) is 1.00. The van der Waals surface area contributed by atoms with E-state index in [-0.39, 0.29) is 6.10 Å². The smallest absolute Gasteiger partial charge is 0.0540 e. The SMILES string of the molecule is CCC(O)CC1CCC(C)C(C)C1. The molecule has 0 saturated heterocycles. The van der Waals surface area contributed by atoms with Crippen molar-refractivity contribution in [3.63, 3.8) is 0 Å². The standard InChI is InChI=1S/C12H24O/c1-4-12(13)8-11-6-5-9(2)10(3)7-11/h9-13H,4-8H2,1-3H3. The Labute approximate surface area is 82.5 Å². The second kappa shape index (κ2) is 4.99. The second-order valence-corrected chi connectivity index (χ2v) is 4.93. The van der Waals surface area contributed by atoms with Crippen molar-refractivity contribution >= 4 is 0 Å². The second-order valence-electron chi connectivity index (χ2n) is 4.93. The molecular formula is C12H24O. The Balaban J connectivity index is 2.29. The first-order valence-electron chi connectivity index (χ1n) is 5.81. The lowest BCUT2D eigenvalue weighted by Gasteiger charge is -2.32. The lowest BCUT2D eigenvalue weighted by Crippen LogP contribution is -2.23. The van der Waals surface area contributed by atoms with Crippen molar-refractivity contribution < 1.29 is 5.11 Å². The van der Waals surface area contributed by atoms with Gasteiger partial charge in [0.2, 0.25) is 0 Å². The summed E-state index contributed by atoms with van der Waals surface area (Å²) in [6, 6.07) is 0. The molecule has 13 heavy (non-hydrogen) atoms. The predicted molar refractivity (Wildman–Crippen MR) is 56.6 cm³/mol. The third kappa shape index (κ3) is 3.30. The number of hydrogen-bond acceptors (Lipinski definition) is 1. The Morgan fingerprint density at radius 3 is 2.46 bits per heavy atom. The van der Waals surface area contributed by atoms with Gasteiger partial charge in [-0.3, -0.25) is 0 Å². The molecule has 4 atom stereocenters. The molecule has 78 valence electrons. The predicted octanol–water partition coefficient (Wildman–Crippen LogP) is 3.22. The zero-order valence-electron chi connectivity index (χ0n) is 9.29. The average molecular weight is 184 g/mol. The number of aliphatic hydroxyl groups is 1. The molecule has 1 N–H and O–H groups in total. The lowest BCUT2D eigenvalue weighted by atomic mass is 9.74. The molecule has 1 aliphatic carbocycles. The van der Waals surface area contributed by atoms with Gasteiger partial charge in [0.05, 0.1) is 6.10 Å². The van der Waals surface area contributed by atoms with Crippen molar-refractivity contribution in [3.05, 3.63) is 0 Å². The average Bonchev–Trinajstić information content (AvgIpc) is 2.11. The van der Waals surface area contributed by atoms with E-state index in [2.05, 4.69) is 20.8 Å². The van der Waals surface area contributed by atoms with Crippen molar-refractivity contribution in [1.82, 2.24) is 0 Å². The minimum Gasteiger partial charge on any atom is -0.393 e. The third-order valence-corrected chi connectivity index (χ3v) is 3.78. The maximum absolute atomic E-state index is 9.56. The molecule has 1 saturated carbocycles. The summed E-state index contributed by atoms with van der Waals surface area (Å²) in [5.74, 6) is 2.55.